The van der Waals surface area contributed by atoms with Gasteiger partial charge in [0, 0.05) is 0 Å². The summed E-state index contributed by atoms with van der Waals surface area (Å²) in [6.45, 7) is -0.767. The third-order valence-corrected chi connectivity index (χ3v) is 1.36. The van der Waals surface area contributed by atoms with E-state index in [0.29, 0.717) is 0 Å². The summed E-state index contributed by atoms with van der Waals surface area (Å²) in [6.07, 6.45) is -2.63. The number of aromatic nitrogens is 1. The van der Waals surface area contributed by atoms with Gasteiger partial charge < -0.3 is 5.32 Å². The number of halogens is 3. The average Bonchev–Trinajstić information content (AvgIpc) is 2.14. The van der Waals surface area contributed by atoms with Crippen molar-refractivity contribution in [2.75, 3.05) is 6.54 Å². The van der Waals surface area contributed by atoms with Crippen molar-refractivity contribution in [2.24, 2.45) is 0 Å². The first-order valence-corrected chi connectivity index (χ1v) is 3.78. The van der Waals surface area contributed by atoms with Gasteiger partial charge in [-0.25, -0.2) is 13.8 Å². The fourth-order valence-electron chi connectivity index (χ4n) is 0.795. The number of hydrogen-bond donors (Lipinski definition) is 1. The molecule has 1 amide bonds. The Morgan fingerprint density at radius 3 is 2.79 bits per heavy atom. The van der Waals surface area contributed by atoms with Crippen LogP contribution in [-0.2, 0) is 0 Å². The van der Waals surface area contributed by atoms with E-state index in [1.54, 1.807) is 0 Å². The molecule has 76 valence electrons. The van der Waals surface area contributed by atoms with Gasteiger partial charge in [-0.2, -0.15) is 4.39 Å². The molecule has 1 rings (SSSR count). The first-order chi connectivity index (χ1) is 6.59. The van der Waals surface area contributed by atoms with E-state index >= 15 is 0 Å². The summed E-state index contributed by atoms with van der Waals surface area (Å²) in [5, 5.41) is 1.91. The highest BCUT2D eigenvalue weighted by atomic mass is 19.3. The third kappa shape index (κ3) is 3.04. The maximum atomic E-state index is 12.5. The van der Waals surface area contributed by atoms with Crippen molar-refractivity contribution in [2.45, 2.75) is 6.43 Å². The van der Waals surface area contributed by atoms with Gasteiger partial charge in [0.2, 0.25) is 5.95 Å². The number of hydrogen-bond acceptors (Lipinski definition) is 2. The van der Waals surface area contributed by atoms with Gasteiger partial charge in [-0.05, 0) is 12.1 Å². The van der Waals surface area contributed by atoms with Crippen molar-refractivity contribution in [1.82, 2.24) is 10.3 Å². The maximum absolute atomic E-state index is 12.5. The zero-order valence-corrected chi connectivity index (χ0v) is 7.01. The molecule has 0 aliphatic carbocycles. The molecule has 0 bridgehead atoms. The standard InChI is InChI=1S/C8H7F3N2O/c9-6(10)4-12-8(14)5-2-1-3-7(11)13-5/h1-3,6H,4H2,(H,12,14). The SMILES string of the molecule is O=C(NCC(F)F)c1cccc(F)n1. The minimum atomic E-state index is -2.63. The van der Waals surface area contributed by atoms with E-state index in [-0.39, 0.29) is 5.69 Å². The number of amides is 1. The van der Waals surface area contributed by atoms with E-state index in [4.69, 9.17) is 0 Å². The van der Waals surface area contributed by atoms with Crippen molar-refractivity contribution in [3.05, 3.63) is 29.8 Å². The number of nitrogens with one attached hydrogen (secondary N) is 1. The Balaban J connectivity index is 2.61. The number of pyridine rings is 1. The summed E-state index contributed by atoms with van der Waals surface area (Å²) in [5.74, 6) is -1.64. The van der Waals surface area contributed by atoms with Gasteiger partial charge in [-0.1, -0.05) is 6.07 Å². The van der Waals surface area contributed by atoms with Gasteiger partial charge in [0.15, 0.2) is 0 Å². The molecule has 1 aromatic heterocycles. The molecule has 6 heteroatoms. The lowest BCUT2D eigenvalue weighted by Gasteiger charge is -2.02. The van der Waals surface area contributed by atoms with Crippen molar-refractivity contribution >= 4 is 5.91 Å². The molecular formula is C8H7F3N2O. The fraction of sp³-hybridized carbons (Fsp3) is 0.250. The van der Waals surface area contributed by atoms with Crippen LogP contribution >= 0.6 is 0 Å². The highest BCUT2D eigenvalue weighted by Crippen LogP contribution is 1.98. The van der Waals surface area contributed by atoms with Crippen LogP contribution in [0.1, 0.15) is 10.5 Å². The second-order valence-electron chi connectivity index (χ2n) is 2.45. The Morgan fingerprint density at radius 1 is 1.50 bits per heavy atom. The second kappa shape index (κ2) is 4.59. The molecule has 0 aliphatic rings. The van der Waals surface area contributed by atoms with Gasteiger partial charge in [0.25, 0.3) is 12.3 Å². The Morgan fingerprint density at radius 2 is 2.21 bits per heavy atom. The molecular weight excluding hydrogens is 197 g/mol. The molecule has 0 aromatic carbocycles. The Kier molecular flexibility index (Phi) is 3.44. The fourth-order valence-corrected chi connectivity index (χ4v) is 0.795. The van der Waals surface area contributed by atoms with Crippen molar-refractivity contribution in [3.8, 4) is 0 Å². The second-order valence-corrected chi connectivity index (χ2v) is 2.45. The zero-order chi connectivity index (χ0) is 10.6. The van der Waals surface area contributed by atoms with Crippen LogP contribution in [0, 0.1) is 5.95 Å². The largest absolute Gasteiger partial charge is 0.345 e. The Hall–Kier alpha value is -1.59. The predicted molar refractivity (Wildman–Crippen MR) is 42.5 cm³/mol. The summed E-state index contributed by atoms with van der Waals surface area (Å²) >= 11 is 0. The molecule has 0 fully saturated rings. The van der Waals surface area contributed by atoms with Crippen LogP contribution in [-0.4, -0.2) is 23.9 Å². The van der Waals surface area contributed by atoms with Crippen LogP contribution in [0.5, 0.6) is 0 Å². The minimum absolute atomic E-state index is 0.217. The molecule has 0 aliphatic heterocycles. The third-order valence-electron chi connectivity index (χ3n) is 1.36. The van der Waals surface area contributed by atoms with Gasteiger partial charge in [-0.3, -0.25) is 4.79 Å². The number of carbonyl (C=O) groups is 1. The predicted octanol–water partition coefficient (Wildman–Crippen LogP) is 1.22. The van der Waals surface area contributed by atoms with Gasteiger partial charge in [0.05, 0.1) is 6.54 Å². The minimum Gasteiger partial charge on any atom is -0.345 e. The lowest BCUT2D eigenvalue weighted by atomic mass is 10.3. The zero-order valence-electron chi connectivity index (χ0n) is 7.01. The van der Waals surface area contributed by atoms with Crippen LogP contribution in [0.4, 0.5) is 13.2 Å². The molecule has 3 nitrogen and oxygen atoms in total. The van der Waals surface area contributed by atoms with Crippen LogP contribution < -0.4 is 5.32 Å². The van der Waals surface area contributed by atoms with Crippen molar-refractivity contribution in [3.63, 3.8) is 0 Å². The lowest BCUT2D eigenvalue weighted by molar-refractivity contribution is 0.0886. The smallest absolute Gasteiger partial charge is 0.270 e. The van der Waals surface area contributed by atoms with Crippen LogP contribution in [0.25, 0.3) is 0 Å². The monoisotopic (exact) mass is 204 g/mol. The van der Waals surface area contributed by atoms with Gasteiger partial charge in [-0.15, -0.1) is 0 Å². The van der Waals surface area contributed by atoms with Crippen LogP contribution in [0.2, 0.25) is 0 Å². The highest BCUT2D eigenvalue weighted by molar-refractivity contribution is 5.92. The number of rotatable bonds is 3. The molecule has 14 heavy (non-hydrogen) atoms. The van der Waals surface area contributed by atoms with Crippen LogP contribution in [0.15, 0.2) is 18.2 Å². The number of alkyl halides is 2. The van der Waals surface area contributed by atoms with E-state index in [1.165, 1.54) is 12.1 Å². The van der Waals surface area contributed by atoms with Gasteiger partial charge >= 0.3 is 0 Å². The summed E-state index contributed by atoms with van der Waals surface area (Å²) in [5.41, 5.74) is -0.217. The maximum Gasteiger partial charge on any atom is 0.270 e. The molecule has 1 heterocycles. The molecule has 0 radical (unpaired) electrons. The van der Waals surface area contributed by atoms with E-state index in [2.05, 4.69) is 4.98 Å². The molecule has 0 atom stereocenters. The summed E-state index contributed by atoms with van der Waals surface area (Å²) < 4.78 is 35.8. The van der Waals surface area contributed by atoms with E-state index in [0.717, 1.165) is 6.07 Å². The van der Waals surface area contributed by atoms with Gasteiger partial charge in [0.1, 0.15) is 5.69 Å². The van der Waals surface area contributed by atoms with E-state index in [1.807, 2.05) is 5.32 Å². The highest BCUT2D eigenvalue weighted by Gasteiger charge is 2.10. The lowest BCUT2D eigenvalue weighted by Crippen LogP contribution is -2.29. The Bertz CT molecular complexity index is 330. The average molecular weight is 204 g/mol. The van der Waals surface area contributed by atoms with Crippen molar-refractivity contribution in [1.29, 1.82) is 0 Å². The first kappa shape index (κ1) is 10.5. The molecule has 1 aromatic rings. The molecule has 0 saturated heterocycles. The summed E-state index contributed by atoms with van der Waals surface area (Å²) in [7, 11) is 0. The topological polar surface area (TPSA) is 42.0 Å². The van der Waals surface area contributed by atoms with Crippen LogP contribution in [0.3, 0.4) is 0 Å². The van der Waals surface area contributed by atoms with E-state index < -0.39 is 24.8 Å². The molecule has 0 spiro atoms. The molecule has 0 unspecified atom stereocenters. The summed E-state index contributed by atoms with van der Waals surface area (Å²) in [6, 6.07) is 3.58. The number of nitrogens with zero attached hydrogens (tertiary/aromatic N) is 1. The Labute approximate surface area is 78.0 Å². The van der Waals surface area contributed by atoms with E-state index in [9.17, 15) is 18.0 Å². The molecule has 0 saturated carbocycles. The number of carbonyl (C=O) groups excluding carboxylic acids is 1. The summed E-state index contributed by atoms with van der Waals surface area (Å²) in [4.78, 5) is 14.3. The quantitative estimate of drug-likeness (QED) is 0.752. The first-order valence-electron chi connectivity index (χ1n) is 3.78. The normalized spacial score (nSPS) is 10.3. The molecule has 1 N–H and O–H groups in total. The van der Waals surface area contributed by atoms with Crippen molar-refractivity contribution < 1.29 is 18.0 Å².